The van der Waals surface area contributed by atoms with Crippen molar-refractivity contribution in [1.82, 2.24) is 16.0 Å². The Kier molecular flexibility index (Phi) is 3.93. The van der Waals surface area contributed by atoms with Gasteiger partial charge in [0.15, 0.2) is 0 Å². The first-order valence-electron chi connectivity index (χ1n) is 8.97. The highest BCUT2D eigenvalue weighted by atomic mass is 16.3. The lowest BCUT2D eigenvalue weighted by Gasteiger charge is -2.47. The molecule has 3 unspecified atom stereocenters. The van der Waals surface area contributed by atoms with Gasteiger partial charge in [-0.2, -0.15) is 0 Å². The van der Waals surface area contributed by atoms with Crippen molar-refractivity contribution in [3.63, 3.8) is 0 Å². The summed E-state index contributed by atoms with van der Waals surface area (Å²) in [6.07, 6.45) is 6.90. The quantitative estimate of drug-likeness (QED) is 0.519. The predicted octanol–water partition coefficient (Wildman–Crippen LogP) is 0.302. The number of fused-ring (bicyclic) bond motifs is 1. The first-order chi connectivity index (χ1) is 10.8. The summed E-state index contributed by atoms with van der Waals surface area (Å²) in [4.78, 5) is 0. The molecule has 22 heavy (non-hydrogen) atoms. The first kappa shape index (κ1) is 14.9. The van der Waals surface area contributed by atoms with E-state index in [1.54, 1.807) is 5.57 Å². The van der Waals surface area contributed by atoms with Crippen molar-refractivity contribution < 1.29 is 10.2 Å². The Morgan fingerprint density at radius 1 is 1.14 bits per heavy atom. The van der Waals surface area contributed by atoms with Gasteiger partial charge >= 0.3 is 0 Å². The van der Waals surface area contributed by atoms with Gasteiger partial charge < -0.3 is 20.8 Å². The van der Waals surface area contributed by atoms with E-state index < -0.39 is 0 Å². The third-order valence-electron chi connectivity index (χ3n) is 6.32. The summed E-state index contributed by atoms with van der Waals surface area (Å²) in [5, 5.41) is 30.1. The van der Waals surface area contributed by atoms with Crippen molar-refractivity contribution in [2.75, 3.05) is 26.3 Å². The molecule has 0 aliphatic carbocycles. The Morgan fingerprint density at radius 2 is 2.05 bits per heavy atom. The molecule has 5 heteroatoms. The number of piperidine rings is 3. The average Bonchev–Trinajstić information content (AvgIpc) is 2.79. The van der Waals surface area contributed by atoms with Gasteiger partial charge in [0.1, 0.15) is 0 Å². The van der Waals surface area contributed by atoms with Gasteiger partial charge in [0.05, 0.1) is 12.3 Å². The maximum absolute atomic E-state index is 9.54. The molecule has 0 aromatic carbocycles. The Bertz CT molecular complexity index is 467. The molecule has 4 aliphatic rings. The monoisotopic (exact) mass is 307 g/mol. The van der Waals surface area contributed by atoms with Crippen molar-refractivity contribution in [1.29, 1.82) is 0 Å². The standard InChI is InChI=1S/C17H29N3O2/c21-9-11-6-12(8-18-7-11)16-14-4-3-13(10-22)19-17(14)5-1-2-15(16)20-17/h11-14,18-22H,1-10H2/t11?,12-,13?,14-,17?/m1/s1. The Morgan fingerprint density at radius 3 is 2.86 bits per heavy atom. The highest BCUT2D eigenvalue weighted by Crippen LogP contribution is 2.50. The molecule has 0 radical (unpaired) electrons. The summed E-state index contributed by atoms with van der Waals surface area (Å²) >= 11 is 0. The Labute approximate surface area is 132 Å². The third kappa shape index (κ3) is 2.30. The van der Waals surface area contributed by atoms with Crippen LogP contribution in [-0.4, -0.2) is 48.2 Å². The molecule has 2 bridgehead atoms. The molecule has 0 amide bonds. The van der Waals surface area contributed by atoms with Crippen LogP contribution in [0.4, 0.5) is 0 Å². The van der Waals surface area contributed by atoms with Crippen LogP contribution in [0.3, 0.4) is 0 Å². The van der Waals surface area contributed by atoms with Crippen molar-refractivity contribution in [2.45, 2.75) is 50.2 Å². The normalized spacial score (nSPS) is 44.6. The molecule has 4 rings (SSSR count). The molecule has 5 N–H and O–H groups in total. The zero-order valence-electron chi connectivity index (χ0n) is 13.3. The van der Waals surface area contributed by atoms with Crippen LogP contribution in [0.25, 0.3) is 0 Å². The minimum absolute atomic E-state index is 0.000716. The van der Waals surface area contributed by atoms with Crippen LogP contribution in [0.15, 0.2) is 11.3 Å². The molecular weight excluding hydrogens is 278 g/mol. The van der Waals surface area contributed by atoms with Crippen LogP contribution in [-0.2, 0) is 0 Å². The lowest BCUT2D eigenvalue weighted by atomic mass is 9.72. The van der Waals surface area contributed by atoms with E-state index >= 15 is 0 Å². The second-order valence-electron chi connectivity index (χ2n) is 7.68. The summed E-state index contributed by atoms with van der Waals surface area (Å²) in [7, 11) is 0. The van der Waals surface area contributed by atoms with Gasteiger partial charge in [-0.3, -0.25) is 5.32 Å². The fourth-order valence-corrected chi connectivity index (χ4v) is 5.38. The maximum atomic E-state index is 9.54. The largest absolute Gasteiger partial charge is 0.396 e. The van der Waals surface area contributed by atoms with Gasteiger partial charge in [0.25, 0.3) is 0 Å². The average molecular weight is 307 g/mol. The zero-order chi connectivity index (χ0) is 15.2. The smallest absolute Gasteiger partial charge is 0.0949 e. The molecule has 3 fully saturated rings. The topological polar surface area (TPSA) is 76.5 Å². The lowest BCUT2D eigenvalue weighted by Crippen LogP contribution is -2.65. The van der Waals surface area contributed by atoms with Crippen LogP contribution in [0.2, 0.25) is 0 Å². The van der Waals surface area contributed by atoms with Gasteiger partial charge in [0.2, 0.25) is 0 Å². The predicted molar refractivity (Wildman–Crippen MR) is 85.0 cm³/mol. The van der Waals surface area contributed by atoms with Crippen LogP contribution >= 0.6 is 0 Å². The second kappa shape index (κ2) is 5.78. The van der Waals surface area contributed by atoms with Crippen LogP contribution in [0, 0.1) is 17.8 Å². The summed E-state index contributed by atoms with van der Waals surface area (Å²) in [6, 6.07) is 0.233. The number of allylic oxidation sites excluding steroid dienone is 1. The van der Waals surface area contributed by atoms with Crippen LogP contribution in [0.1, 0.15) is 38.5 Å². The molecule has 4 heterocycles. The van der Waals surface area contributed by atoms with Gasteiger partial charge in [-0.25, -0.2) is 0 Å². The fraction of sp³-hybridized carbons (Fsp3) is 0.882. The van der Waals surface area contributed by atoms with Crippen molar-refractivity contribution in [2.24, 2.45) is 17.8 Å². The Balaban J connectivity index is 1.60. The molecule has 5 atom stereocenters. The summed E-state index contributed by atoms with van der Waals surface area (Å²) < 4.78 is 0. The van der Waals surface area contributed by atoms with Crippen molar-refractivity contribution >= 4 is 0 Å². The van der Waals surface area contributed by atoms with Crippen molar-refractivity contribution in [3.8, 4) is 0 Å². The number of aliphatic hydroxyl groups is 2. The van der Waals surface area contributed by atoms with E-state index in [0.29, 0.717) is 24.4 Å². The number of hydrogen-bond donors (Lipinski definition) is 5. The van der Waals surface area contributed by atoms with E-state index in [1.807, 2.05) is 0 Å². The van der Waals surface area contributed by atoms with Crippen LogP contribution < -0.4 is 16.0 Å². The molecule has 5 nitrogen and oxygen atoms in total. The minimum Gasteiger partial charge on any atom is -0.396 e. The molecule has 4 aliphatic heterocycles. The third-order valence-corrected chi connectivity index (χ3v) is 6.32. The van der Waals surface area contributed by atoms with Crippen molar-refractivity contribution in [3.05, 3.63) is 11.3 Å². The van der Waals surface area contributed by atoms with E-state index in [4.69, 9.17) is 0 Å². The van der Waals surface area contributed by atoms with Gasteiger partial charge in [-0.15, -0.1) is 0 Å². The number of hydrogen-bond acceptors (Lipinski definition) is 5. The molecule has 0 saturated carbocycles. The highest BCUT2D eigenvalue weighted by molar-refractivity contribution is 5.34. The highest BCUT2D eigenvalue weighted by Gasteiger charge is 2.53. The molecule has 124 valence electrons. The van der Waals surface area contributed by atoms with Gasteiger partial charge in [0, 0.05) is 37.4 Å². The first-order valence-corrected chi connectivity index (χ1v) is 8.97. The van der Waals surface area contributed by atoms with E-state index in [2.05, 4.69) is 16.0 Å². The molecule has 1 spiro atoms. The summed E-state index contributed by atoms with van der Waals surface area (Å²) in [5.41, 5.74) is 3.10. The molecule has 0 aromatic rings. The molecule has 3 saturated heterocycles. The summed E-state index contributed by atoms with van der Waals surface area (Å²) in [5.74, 6) is 1.52. The van der Waals surface area contributed by atoms with E-state index in [1.165, 1.54) is 25.0 Å². The second-order valence-corrected chi connectivity index (χ2v) is 7.68. The lowest BCUT2D eigenvalue weighted by molar-refractivity contribution is 0.0816. The molecule has 0 aromatic heterocycles. The SMILES string of the molecule is OCC1CNC[C@H](C2=C3CCCC4(N3)NC(CO)CC[C@H]24)C1. The van der Waals surface area contributed by atoms with E-state index in [-0.39, 0.29) is 18.3 Å². The number of rotatable bonds is 3. The minimum atomic E-state index is 0.000716. The van der Waals surface area contributed by atoms with E-state index in [9.17, 15) is 10.2 Å². The zero-order valence-corrected chi connectivity index (χ0v) is 13.3. The van der Waals surface area contributed by atoms with E-state index in [0.717, 1.165) is 32.4 Å². The molecular formula is C17H29N3O2. The Hall–Kier alpha value is -0.620. The van der Waals surface area contributed by atoms with Gasteiger partial charge in [-0.05, 0) is 55.9 Å². The fourth-order valence-electron chi connectivity index (χ4n) is 5.38. The van der Waals surface area contributed by atoms with Gasteiger partial charge in [-0.1, -0.05) is 0 Å². The van der Waals surface area contributed by atoms with Crippen LogP contribution in [0.5, 0.6) is 0 Å². The number of aliphatic hydroxyl groups excluding tert-OH is 2. The number of nitrogens with one attached hydrogen (secondary N) is 3. The summed E-state index contributed by atoms with van der Waals surface area (Å²) in [6.45, 7) is 2.52. The maximum Gasteiger partial charge on any atom is 0.0949 e.